The SMILES string of the molecule is c1ccc2c(c1)SCCC2NCCC1CC1. The topological polar surface area (TPSA) is 12.0 Å². The van der Waals surface area contributed by atoms with Gasteiger partial charge in [-0.05, 0) is 42.7 Å². The van der Waals surface area contributed by atoms with Crippen LogP contribution in [0.2, 0.25) is 0 Å². The van der Waals surface area contributed by atoms with Gasteiger partial charge in [-0.25, -0.2) is 0 Å². The molecule has 1 nitrogen and oxygen atoms in total. The van der Waals surface area contributed by atoms with Crippen molar-refractivity contribution in [3.63, 3.8) is 0 Å². The van der Waals surface area contributed by atoms with Crippen molar-refractivity contribution in [2.24, 2.45) is 5.92 Å². The van der Waals surface area contributed by atoms with Gasteiger partial charge in [0, 0.05) is 10.9 Å². The average molecular weight is 233 g/mol. The molecule has 86 valence electrons. The minimum absolute atomic E-state index is 0.608. The summed E-state index contributed by atoms with van der Waals surface area (Å²) in [5.74, 6) is 2.30. The molecular formula is C14H19NS. The smallest absolute Gasteiger partial charge is 0.0339 e. The Morgan fingerprint density at radius 3 is 2.94 bits per heavy atom. The molecule has 0 amide bonds. The second kappa shape index (κ2) is 4.80. The van der Waals surface area contributed by atoms with Crippen LogP contribution in [0.25, 0.3) is 0 Å². The Hall–Kier alpha value is -0.470. The molecule has 0 bridgehead atoms. The summed E-state index contributed by atoms with van der Waals surface area (Å²) in [5, 5.41) is 3.74. The van der Waals surface area contributed by atoms with Crippen LogP contribution in [0.3, 0.4) is 0 Å². The normalized spacial score (nSPS) is 24.1. The van der Waals surface area contributed by atoms with Gasteiger partial charge in [0.1, 0.15) is 0 Å². The molecule has 1 aliphatic heterocycles. The lowest BCUT2D eigenvalue weighted by Crippen LogP contribution is -2.25. The number of thioether (sulfide) groups is 1. The molecule has 1 N–H and O–H groups in total. The van der Waals surface area contributed by atoms with E-state index in [0.29, 0.717) is 6.04 Å². The Balaban J connectivity index is 1.62. The second-order valence-corrected chi connectivity index (χ2v) is 6.05. The largest absolute Gasteiger partial charge is 0.310 e. The molecule has 0 aromatic heterocycles. The highest BCUT2D eigenvalue weighted by molar-refractivity contribution is 7.99. The monoisotopic (exact) mass is 233 g/mol. The molecule has 2 heteroatoms. The lowest BCUT2D eigenvalue weighted by Gasteiger charge is -2.26. The first kappa shape index (κ1) is 10.7. The van der Waals surface area contributed by atoms with Crippen molar-refractivity contribution in [3.8, 4) is 0 Å². The third-order valence-corrected chi connectivity index (χ3v) is 4.72. The fourth-order valence-electron chi connectivity index (χ4n) is 2.42. The van der Waals surface area contributed by atoms with E-state index < -0.39 is 0 Å². The molecule has 0 spiro atoms. The number of fused-ring (bicyclic) bond motifs is 1. The van der Waals surface area contributed by atoms with Gasteiger partial charge in [-0.3, -0.25) is 0 Å². The fraction of sp³-hybridized carbons (Fsp3) is 0.571. The molecule has 1 heterocycles. The van der Waals surface area contributed by atoms with Gasteiger partial charge >= 0.3 is 0 Å². The van der Waals surface area contributed by atoms with Crippen LogP contribution in [-0.2, 0) is 0 Å². The zero-order chi connectivity index (χ0) is 10.8. The first-order valence-electron chi connectivity index (χ1n) is 6.38. The number of hydrogen-bond donors (Lipinski definition) is 1. The van der Waals surface area contributed by atoms with E-state index in [1.54, 1.807) is 0 Å². The van der Waals surface area contributed by atoms with Gasteiger partial charge in [0.2, 0.25) is 0 Å². The molecule has 1 unspecified atom stereocenters. The minimum atomic E-state index is 0.608. The molecule has 1 atom stereocenters. The first-order valence-corrected chi connectivity index (χ1v) is 7.37. The molecule has 1 saturated carbocycles. The average Bonchev–Trinajstić information content (AvgIpc) is 3.13. The van der Waals surface area contributed by atoms with Crippen LogP contribution in [0.15, 0.2) is 29.2 Å². The van der Waals surface area contributed by atoms with Gasteiger partial charge in [-0.15, -0.1) is 11.8 Å². The Kier molecular flexibility index (Phi) is 3.20. The summed E-state index contributed by atoms with van der Waals surface area (Å²) in [6, 6.07) is 9.47. The molecule has 2 aliphatic rings. The highest BCUT2D eigenvalue weighted by atomic mass is 32.2. The van der Waals surface area contributed by atoms with E-state index >= 15 is 0 Å². The number of benzene rings is 1. The van der Waals surface area contributed by atoms with Crippen molar-refractivity contribution in [1.29, 1.82) is 0 Å². The van der Waals surface area contributed by atoms with Gasteiger partial charge in [0.25, 0.3) is 0 Å². The van der Waals surface area contributed by atoms with Crippen LogP contribution >= 0.6 is 11.8 Å². The minimum Gasteiger partial charge on any atom is -0.310 e. The summed E-state index contributed by atoms with van der Waals surface area (Å²) in [6.07, 6.45) is 5.61. The number of nitrogens with one attached hydrogen (secondary N) is 1. The zero-order valence-electron chi connectivity index (χ0n) is 9.61. The van der Waals surface area contributed by atoms with E-state index in [-0.39, 0.29) is 0 Å². The van der Waals surface area contributed by atoms with Crippen molar-refractivity contribution in [3.05, 3.63) is 29.8 Å². The Bertz CT molecular complexity index is 360. The lowest BCUT2D eigenvalue weighted by atomic mass is 10.0. The summed E-state index contributed by atoms with van der Waals surface area (Å²) in [5.41, 5.74) is 1.52. The van der Waals surface area contributed by atoms with Crippen molar-refractivity contribution < 1.29 is 0 Å². The van der Waals surface area contributed by atoms with Crippen LogP contribution in [0, 0.1) is 5.92 Å². The Morgan fingerprint density at radius 2 is 2.06 bits per heavy atom. The predicted molar refractivity (Wildman–Crippen MR) is 69.9 cm³/mol. The summed E-state index contributed by atoms with van der Waals surface area (Å²) in [6.45, 7) is 1.20. The van der Waals surface area contributed by atoms with E-state index in [1.807, 2.05) is 11.8 Å². The molecule has 3 rings (SSSR count). The Morgan fingerprint density at radius 1 is 1.19 bits per heavy atom. The third kappa shape index (κ3) is 2.44. The second-order valence-electron chi connectivity index (χ2n) is 4.91. The van der Waals surface area contributed by atoms with Gasteiger partial charge in [0.15, 0.2) is 0 Å². The van der Waals surface area contributed by atoms with Crippen LogP contribution < -0.4 is 5.32 Å². The lowest BCUT2D eigenvalue weighted by molar-refractivity contribution is 0.491. The molecule has 1 aromatic rings. The van der Waals surface area contributed by atoms with Gasteiger partial charge in [-0.2, -0.15) is 0 Å². The molecule has 0 saturated heterocycles. The number of rotatable bonds is 4. The molecule has 16 heavy (non-hydrogen) atoms. The summed E-state index contributed by atoms with van der Waals surface area (Å²) in [7, 11) is 0. The maximum absolute atomic E-state index is 3.74. The number of hydrogen-bond acceptors (Lipinski definition) is 2. The summed E-state index contributed by atoms with van der Waals surface area (Å²) >= 11 is 2.00. The van der Waals surface area contributed by atoms with E-state index in [4.69, 9.17) is 0 Å². The standard InChI is InChI=1S/C14H19NS/c1-2-4-14-12(3-1)13(8-10-16-14)15-9-7-11-5-6-11/h1-4,11,13,15H,5-10H2. The van der Waals surface area contributed by atoms with E-state index in [2.05, 4.69) is 29.6 Å². The fourth-order valence-corrected chi connectivity index (χ4v) is 3.55. The van der Waals surface area contributed by atoms with Gasteiger partial charge in [0.05, 0.1) is 0 Å². The molecule has 0 radical (unpaired) electrons. The molecular weight excluding hydrogens is 214 g/mol. The van der Waals surface area contributed by atoms with E-state index in [1.165, 1.54) is 48.4 Å². The molecule has 1 fully saturated rings. The maximum Gasteiger partial charge on any atom is 0.0339 e. The van der Waals surface area contributed by atoms with Crippen molar-refractivity contribution >= 4 is 11.8 Å². The van der Waals surface area contributed by atoms with Gasteiger partial charge < -0.3 is 5.32 Å². The molecule has 1 aliphatic carbocycles. The highest BCUT2D eigenvalue weighted by Gasteiger charge is 2.23. The first-order chi connectivity index (χ1) is 7.93. The Labute approximate surface area is 102 Å². The van der Waals surface area contributed by atoms with Crippen molar-refractivity contribution in [1.82, 2.24) is 5.32 Å². The van der Waals surface area contributed by atoms with Crippen molar-refractivity contribution in [2.45, 2.75) is 36.6 Å². The zero-order valence-corrected chi connectivity index (χ0v) is 10.4. The van der Waals surface area contributed by atoms with Gasteiger partial charge in [-0.1, -0.05) is 31.0 Å². The van der Waals surface area contributed by atoms with Crippen LogP contribution in [0.1, 0.15) is 37.3 Å². The van der Waals surface area contributed by atoms with Crippen LogP contribution in [0.5, 0.6) is 0 Å². The summed E-state index contributed by atoms with van der Waals surface area (Å²) < 4.78 is 0. The van der Waals surface area contributed by atoms with Crippen LogP contribution in [-0.4, -0.2) is 12.3 Å². The quantitative estimate of drug-likeness (QED) is 0.852. The van der Waals surface area contributed by atoms with E-state index in [0.717, 1.165) is 5.92 Å². The maximum atomic E-state index is 3.74. The van der Waals surface area contributed by atoms with E-state index in [9.17, 15) is 0 Å². The van der Waals surface area contributed by atoms with Crippen LogP contribution in [0.4, 0.5) is 0 Å². The molecule has 1 aromatic carbocycles. The summed E-state index contributed by atoms with van der Waals surface area (Å²) in [4.78, 5) is 1.48. The van der Waals surface area contributed by atoms with Crippen molar-refractivity contribution in [2.75, 3.05) is 12.3 Å². The predicted octanol–water partition coefficient (Wildman–Crippen LogP) is 3.61. The third-order valence-electron chi connectivity index (χ3n) is 3.60. The highest BCUT2D eigenvalue weighted by Crippen LogP contribution is 2.36.